The minimum Gasteiger partial charge on any atom is -0.349 e. The van der Waals surface area contributed by atoms with Gasteiger partial charge in [0.15, 0.2) is 0 Å². The largest absolute Gasteiger partial charge is 0.416 e. The van der Waals surface area contributed by atoms with Crippen molar-refractivity contribution >= 4 is 18.1 Å². The van der Waals surface area contributed by atoms with E-state index in [0.29, 0.717) is 24.4 Å². The van der Waals surface area contributed by atoms with Crippen molar-refractivity contribution in [2.45, 2.75) is 73.1 Å². The van der Waals surface area contributed by atoms with Crippen LogP contribution in [0.25, 0.3) is 11.1 Å². The van der Waals surface area contributed by atoms with Crippen LogP contribution in [0.4, 0.5) is 13.2 Å². The number of likely N-dealkylation sites (N-methyl/N-ethyl adjacent to an activating group) is 1. The van der Waals surface area contributed by atoms with Crippen LogP contribution < -0.4 is 5.32 Å². The highest BCUT2D eigenvalue weighted by Gasteiger charge is 2.34. The number of pyridine rings is 2. The second kappa shape index (κ2) is 15.0. The van der Waals surface area contributed by atoms with Gasteiger partial charge in [-0.05, 0) is 98.6 Å². The Morgan fingerprint density at radius 2 is 1.75 bits per heavy atom. The van der Waals surface area contributed by atoms with Crippen molar-refractivity contribution in [2.75, 3.05) is 20.6 Å². The molecule has 1 N–H and O–H groups in total. The van der Waals surface area contributed by atoms with Gasteiger partial charge >= 0.3 is 6.18 Å². The summed E-state index contributed by atoms with van der Waals surface area (Å²) >= 11 is 5.44. The van der Waals surface area contributed by atoms with Crippen LogP contribution in [-0.2, 0) is 23.9 Å². The number of alkyl halides is 3. The molecular formula is C35H43F3N4OS. The van der Waals surface area contributed by atoms with E-state index in [-0.39, 0.29) is 40.9 Å². The second-order valence-electron chi connectivity index (χ2n) is 12.3. The first-order valence-electron chi connectivity index (χ1n) is 14.9. The topological polar surface area (TPSA) is 50.2 Å². The molecule has 2 aromatic heterocycles. The molecule has 0 bridgehead atoms. The lowest BCUT2D eigenvalue weighted by molar-refractivity contribution is -0.138. The molecule has 3 aromatic rings. The van der Waals surface area contributed by atoms with Gasteiger partial charge in [-0.15, -0.1) is 0 Å². The molecule has 2 heterocycles. The van der Waals surface area contributed by atoms with Gasteiger partial charge in [-0.3, -0.25) is 4.79 Å². The highest BCUT2D eigenvalue weighted by Crippen LogP contribution is 2.34. The molecule has 1 amide bonds. The van der Waals surface area contributed by atoms with Gasteiger partial charge in [-0.25, -0.2) is 4.98 Å². The smallest absolute Gasteiger partial charge is 0.349 e. The van der Waals surface area contributed by atoms with Gasteiger partial charge in [0.2, 0.25) is 5.91 Å². The maximum Gasteiger partial charge on any atom is 0.416 e. The minimum atomic E-state index is -4.55. The zero-order valence-corrected chi connectivity index (χ0v) is 27.7. The molecule has 44 heavy (non-hydrogen) atoms. The number of amides is 1. The monoisotopic (exact) mass is 624 g/mol. The standard InChI is InChI=1S/C35H43F3N4OS/c1-22(2)12-13-28-17-27(33-24(5)10-9-11-25(33)6)18-29(40-28)20-39-34(43)31(16-23(3)4)42-21-26(14-15-41(7)8)30(19-32(42)44)35(36,37)38/h9-11,17-19,21-23,31H,14-16,20H2,1-8H3,(H,39,43). The lowest BCUT2D eigenvalue weighted by atomic mass is 9.95. The molecule has 1 unspecified atom stereocenters. The first-order chi connectivity index (χ1) is 20.6. The number of halogens is 3. The number of carbonyl (C=O) groups excluding carboxylic acids is 1. The van der Waals surface area contributed by atoms with Crippen molar-refractivity contribution in [3.8, 4) is 23.0 Å². The average molecular weight is 625 g/mol. The van der Waals surface area contributed by atoms with Crippen molar-refractivity contribution in [1.82, 2.24) is 19.8 Å². The summed E-state index contributed by atoms with van der Waals surface area (Å²) in [5, 5.41) is 3.00. The number of carbonyl (C=O) groups is 1. The summed E-state index contributed by atoms with van der Waals surface area (Å²) in [6, 6.07) is 10.2. The van der Waals surface area contributed by atoms with E-state index in [1.54, 1.807) is 14.1 Å². The molecule has 1 aromatic carbocycles. The van der Waals surface area contributed by atoms with E-state index in [1.807, 2.05) is 50.8 Å². The highest BCUT2D eigenvalue weighted by molar-refractivity contribution is 7.71. The zero-order chi connectivity index (χ0) is 32.8. The van der Waals surface area contributed by atoms with Gasteiger partial charge in [0.1, 0.15) is 16.4 Å². The van der Waals surface area contributed by atoms with Crippen LogP contribution in [0.5, 0.6) is 0 Å². The Balaban J connectivity index is 2.01. The Kier molecular flexibility index (Phi) is 11.9. The van der Waals surface area contributed by atoms with Crippen molar-refractivity contribution in [3.63, 3.8) is 0 Å². The van der Waals surface area contributed by atoms with E-state index in [2.05, 4.69) is 43.1 Å². The van der Waals surface area contributed by atoms with Gasteiger partial charge in [0, 0.05) is 18.7 Å². The summed E-state index contributed by atoms with van der Waals surface area (Å²) in [5.74, 6) is 6.25. The number of rotatable bonds is 10. The number of hydrogen-bond acceptors (Lipinski definition) is 4. The molecule has 236 valence electrons. The van der Waals surface area contributed by atoms with E-state index < -0.39 is 17.8 Å². The third kappa shape index (κ3) is 9.51. The van der Waals surface area contributed by atoms with Gasteiger partial charge in [-0.2, -0.15) is 13.2 Å². The van der Waals surface area contributed by atoms with Crippen molar-refractivity contribution < 1.29 is 18.0 Å². The molecule has 0 saturated carbocycles. The molecule has 0 saturated heterocycles. The van der Waals surface area contributed by atoms with Crippen LogP contribution in [-0.4, -0.2) is 41.0 Å². The Labute approximate surface area is 264 Å². The van der Waals surface area contributed by atoms with Crippen LogP contribution in [0.3, 0.4) is 0 Å². The third-order valence-corrected chi connectivity index (χ3v) is 7.54. The molecule has 0 spiro atoms. The van der Waals surface area contributed by atoms with Crippen molar-refractivity contribution in [1.29, 1.82) is 0 Å². The Morgan fingerprint density at radius 1 is 1.09 bits per heavy atom. The summed E-state index contributed by atoms with van der Waals surface area (Å²) in [5.41, 5.74) is 4.89. The molecule has 0 aliphatic rings. The lowest BCUT2D eigenvalue weighted by Gasteiger charge is -2.25. The predicted molar refractivity (Wildman–Crippen MR) is 174 cm³/mol. The van der Waals surface area contributed by atoms with Crippen molar-refractivity contribution in [2.24, 2.45) is 11.8 Å². The van der Waals surface area contributed by atoms with Gasteiger partial charge in [0.05, 0.1) is 17.8 Å². The number of benzene rings is 1. The highest BCUT2D eigenvalue weighted by atomic mass is 32.1. The second-order valence-corrected chi connectivity index (χ2v) is 12.7. The fraction of sp³-hybridized carbons (Fsp3) is 0.457. The maximum atomic E-state index is 13.9. The molecule has 9 heteroatoms. The summed E-state index contributed by atoms with van der Waals surface area (Å²) in [6.45, 7) is 12.6. The quantitative estimate of drug-likeness (QED) is 0.184. The Morgan fingerprint density at radius 3 is 2.32 bits per heavy atom. The van der Waals surface area contributed by atoms with Crippen LogP contribution >= 0.6 is 12.2 Å². The molecule has 3 rings (SSSR count). The Bertz CT molecular complexity index is 1580. The first-order valence-corrected chi connectivity index (χ1v) is 15.3. The molecule has 5 nitrogen and oxygen atoms in total. The number of hydrogen-bond donors (Lipinski definition) is 1. The van der Waals surface area contributed by atoms with Gasteiger partial charge in [0.25, 0.3) is 0 Å². The van der Waals surface area contributed by atoms with E-state index >= 15 is 0 Å². The molecule has 0 aliphatic heterocycles. The SMILES string of the molecule is Cc1cccc(C)c1-c1cc(C#CC(C)C)nc(CNC(=O)C(CC(C)C)n2cc(CCN(C)C)c(C(F)(F)F)cc2=S)c1. The van der Waals surface area contributed by atoms with Crippen molar-refractivity contribution in [3.05, 3.63) is 80.9 Å². The van der Waals surface area contributed by atoms with E-state index in [1.165, 1.54) is 10.8 Å². The summed E-state index contributed by atoms with van der Waals surface area (Å²) in [4.78, 5) is 20.3. The maximum absolute atomic E-state index is 13.9. The van der Waals surface area contributed by atoms with Crippen LogP contribution in [0.1, 0.15) is 73.8 Å². The molecule has 0 fully saturated rings. The first kappa shape index (κ1) is 35.0. The average Bonchev–Trinajstić information content (AvgIpc) is 2.92. The third-order valence-electron chi connectivity index (χ3n) is 7.21. The van der Waals surface area contributed by atoms with Crippen LogP contribution in [0.2, 0.25) is 0 Å². The van der Waals surface area contributed by atoms with Crippen LogP contribution in [0, 0.1) is 42.2 Å². The zero-order valence-electron chi connectivity index (χ0n) is 26.9. The van der Waals surface area contributed by atoms with E-state index in [4.69, 9.17) is 17.2 Å². The number of nitrogens with one attached hydrogen (secondary N) is 1. The molecule has 0 aliphatic carbocycles. The van der Waals surface area contributed by atoms with E-state index in [0.717, 1.165) is 28.3 Å². The number of aromatic nitrogens is 2. The fourth-order valence-electron chi connectivity index (χ4n) is 5.11. The van der Waals surface area contributed by atoms with Gasteiger partial charge < -0.3 is 14.8 Å². The van der Waals surface area contributed by atoms with Gasteiger partial charge in [-0.1, -0.05) is 64.0 Å². The number of nitrogens with zero attached hydrogens (tertiary/aromatic N) is 3. The predicted octanol–water partition coefficient (Wildman–Crippen LogP) is 7.93. The van der Waals surface area contributed by atoms with E-state index in [9.17, 15) is 18.0 Å². The molecular weight excluding hydrogens is 581 g/mol. The lowest BCUT2D eigenvalue weighted by Crippen LogP contribution is -2.34. The number of aryl methyl sites for hydroxylation is 2. The minimum absolute atomic E-state index is 0.0341. The van der Waals surface area contributed by atoms with Crippen LogP contribution in [0.15, 0.2) is 42.6 Å². The molecule has 1 atom stereocenters. The fourth-order valence-corrected chi connectivity index (χ4v) is 5.40. The molecule has 0 radical (unpaired) electrons. The Hall–Kier alpha value is -3.48. The normalized spacial score (nSPS) is 12.4. The summed E-state index contributed by atoms with van der Waals surface area (Å²) in [6.07, 6.45) is -2.56. The summed E-state index contributed by atoms with van der Waals surface area (Å²) < 4.78 is 43.3. The summed E-state index contributed by atoms with van der Waals surface area (Å²) in [7, 11) is 3.61.